The molecule has 0 fully saturated rings. The molecule has 3 heteroatoms. The fraction of sp³-hybridized carbons (Fsp3) is 0. The Morgan fingerprint density at radius 1 is 0.561 bits per heavy atom. The van der Waals surface area contributed by atoms with Crippen LogP contribution in [-0.2, 0) is 0 Å². The van der Waals surface area contributed by atoms with E-state index < -0.39 is 18.1 Å². The van der Waals surface area contributed by atoms with E-state index in [2.05, 4.69) is 53.5 Å². The molecule has 8 aromatic rings. The third-order valence-corrected chi connectivity index (χ3v) is 7.54. The fourth-order valence-electron chi connectivity index (χ4n) is 5.82. The number of pyridine rings is 1. The van der Waals surface area contributed by atoms with Crippen LogP contribution in [0.4, 0.5) is 0 Å². The van der Waals surface area contributed by atoms with Gasteiger partial charge in [-0.15, -0.1) is 0 Å². The smallest absolute Gasteiger partial charge is 0.146 e. The van der Waals surface area contributed by atoms with E-state index in [0.29, 0.717) is 16.9 Å². The largest absolute Gasteiger partial charge is 0.292 e. The quantitative estimate of drug-likeness (QED) is 0.213. The first-order chi connectivity index (χ1) is 22.4. The molecule has 3 nitrogen and oxygen atoms in total. The summed E-state index contributed by atoms with van der Waals surface area (Å²) in [6.45, 7) is 0. The Kier molecular flexibility index (Phi) is 4.37. The molecule has 0 aliphatic heterocycles. The lowest BCUT2D eigenvalue weighted by Gasteiger charge is -2.18. The summed E-state index contributed by atoms with van der Waals surface area (Å²) in [7, 11) is 0. The highest BCUT2D eigenvalue weighted by Crippen LogP contribution is 2.44. The molecular weight excluding hydrogens is 498 g/mol. The Bertz CT molecular complexity index is 2400. The average Bonchev–Trinajstić information content (AvgIpc) is 3.48. The van der Waals surface area contributed by atoms with Crippen LogP contribution in [0, 0.1) is 0 Å². The zero-order valence-electron chi connectivity index (χ0n) is 26.9. The SMILES string of the molecule is [2H]c1c([2H])c([2H])c(-n2c(-c3c4ccccc4c(-c4cccc(-c5ccccn5)c4)c4ccccc34)nc3ccccc32)c([2H])c1[2H]. The minimum Gasteiger partial charge on any atom is -0.292 e. The molecule has 0 amide bonds. The van der Waals surface area contributed by atoms with Crippen molar-refractivity contribution < 1.29 is 6.85 Å². The van der Waals surface area contributed by atoms with Crippen molar-refractivity contribution in [3.05, 3.63) is 152 Å². The molecule has 0 radical (unpaired) electrons. The topological polar surface area (TPSA) is 30.7 Å². The van der Waals surface area contributed by atoms with Gasteiger partial charge in [-0.3, -0.25) is 9.55 Å². The van der Waals surface area contributed by atoms with Crippen LogP contribution in [0.3, 0.4) is 0 Å². The molecule has 6 aromatic carbocycles. The number of para-hydroxylation sites is 3. The summed E-state index contributed by atoms with van der Waals surface area (Å²) in [5.74, 6) is 0.501. The summed E-state index contributed by atoms with van der Waals surface area (Å²) in [5, 5.41) is 3.88. The maximum atomic E-state index is 8.88. The van der Waals surface area contributed by atoms with E-state index in [1.807, 2.05) is 66.7 Å². The average molecular weight is 529 g/mol. The third-order valence-electron chi connectivity index (χ3n) is 7.54. The van der Waals surface area contributed by atoms with Gasteiger partial charge in [0.05, 0.1) is 23.6 Å². The molecule has 41 heavy (non-hydrogen) atoms. The van der Waals surface area contributed by atoms with Crippen molar-refractivity contribution in [3.8, 4) is 39.5 Å². The van der Waals surface area contributed by atoms with Gasteiger partial charge in [0, 0.05) is 23.0 Å². The lowest BCUT2D eigenvalue weighted by atomic mass is 9.87. The Morgan fingerprint density at radius 2 is 1.20 bits per heavy atom. The second-order valence-corrected chi connectivity index (χ2v) is 9.87. The maximum Gasteiger partial charge on any atom is 0.146 e. The summed E-state index contributed by atoms with van der Waals surface area (Å²) < 4.78 is 44.6. The normalized spacial score (nSPS) is 13.1. The predicted octanol–water partition coefficient (Wildman–Crippen LogP) is 9.73. The molecule has 0 spiro atoms. The van der Waals surface area contributed by atoms with Crippen LogP contribution in [0.5, 0.6) is 0 Å². The van der Waals surface area contributed by atoms with E-state index >= 15 is 0 Å². The minimum absolute atomic E-state index is 0.0648. The first kappa shape index (κ1) is 18.7. The van der Waals surface area contributed by atoms with E-state index in [-0.39, 0.29) is 17.8 Å². The third kappa shape index (κ3) is 3.82. The van der Waals surface area contributed by atoms with Crippen molar-refractivity contribution in [2.45, 2.75) is 0 Å². The van der Waals surface area contributed by atoms with Gasteiger partial charge in [-0.1, -0.05) is 103 Å². The van der Waals surface area contributed by atoms with Gasteiger partial charge >= 0.3 is 0 Å². The van der Waals surface area contributed by atoms with Crippen molar-refractivity contribution in [2.75, 3.05) is 0 Å². The first-order valence-corrected chi connectivity index (χ1v) is 13.4. The molecule has 2 aromatic heterocycles. The van der Waals surface area contributed by atoms with Crippen molar-refractivity contribution in [3.63, 3.8) is 0 Å². The van der Waals surface area contributed by atoms with Crippen LogP contribution >= 0.6 is 0 Å². The summed E-state index contributed by atoms with van der Waals surface area (Å²) >= 11 is 0. The van der Waals surface area contributed by atoms with Crippen LogP contribution < -0.4 is 0 Å². The summed E-state index contributed by atoms with van der Waals surface area (Å²) in [6, 6.07) is 36.4. The highest BCUT2D eigenvalue weighted by molar-refractivity contribution is 6.21. The molecule has 0 aliphatic rings. The Morgan fingerprint density at radius 3 is 1.90 bits per heavy atom. The zero-order valence-corrected chi connectivity index (χ0v) is 21.9. The molecule has 0 saturated heterocycles. The lowest BCUT2D eigenvalue weighted by Crippen LogP contribution is -1.99. The monoisotopic (exact) mass is 528 g/mol. The van der Waals surface area contributed by atoms with Gasteiger partial charge in [0.25, 0.3) is 0 Å². The number of rotatable bonds is 4. The van der Waals surface area contributed by atoms with Crippen molar-refractivity contribution >= 4 is 32.6 Å². The lowest BCUT2D eigenvalue weighted by molar-refractivity contribution is 1.11. The molecule has 0 bridgehead atoms. The van der Waals surface area contributed by atoms with Gasteiger partial charge in [0.2, 0.25) is 0 Å². The first-order valence-electron chi connectivity index (χ1n) is 15.9. The van der Waals surface area contributed by atoms with Gasteiger partial charge < -0.3 is 0 Å². The highest BCUT2D eigenvalue weighted by Gasteiger charge is 2.22. The van der Waals surface area contributed by atoms with Gasteiger partial charge in [-0.05, 0) is 75.1 Å². The molecule has 0 atom stereocenters. The molecule has 0 N–H and O–H groups in total. The minimum atomic E-state index is -0.432. The van der Waals surface area contributed by atoms with Crippen molar-refractivity contribution in [1.82, 2.24) is 14.5 Å². The van der Waals surface area contributed by atoms with Crippen molar-refractivity contribution in [1.29, 1.82) is 0 Å². The highest BCUT2D eigenvalue weighted by atomic mass is 15.1. The van der Waals surface area contributed by atoms with Crippen LogP contribution in [-0.4, -0.2) is 14.5 Å². The van der Waals surface area contributed by atoms with Gasteiger partial charge in [-0.25, -0.2) is 4.98 Å². The number of aromatic nitrogens is 3. The Hall–Kier alpha value is -5.54. The number of hydrogen-bond acceptors (Lipinski definition) is 2. The van der Waals surface area contributed by atoms with Crippen LogP contribution in [0.15, 0.2) is 152 Å². The second kappa shape index (κ2) is 9.58. The fourth-order valence-corrected chi connectivity index (χ4v) is 5.82. The Balaban J connectivity index is 1.51. The summed E-state index contributed by atoms with van der Waals surface area (Å²) in [4.78, 5) is 9.67. The van der Waals surface area contributed by atoms with Gasteiger partial charge in [-0.2, -0.15) is 0 Å². The Labute approximate surface area is 245 Å². The standard InChI is InChI=1S/C38H25N3/c1-2-15-28(16-3-1)41-35-23-9-8-22-34(35)40-38(41)37-31-19-6-4-17-29(31)36(30-18-5-7-20-32(30)37)27-14-12-13-26(25-27)33-21-10-11-24-39-33/h1-25H/i1D,2D,3D,15D,16D. The van der Waals surface area contributed by atoms with Crippen molar-refractivity contribution in [2.24, 2.45) is 0 Å². The van der Waals surface area contributed by atoms with E-state index in [0.717, 1.165) is 49.5 Å². The van der Waals surface area contributed by atoms with Crippen LogP contribution in [0.2, 0.25) is 0 Å². The van der Waals surface area contributed by atoms with Gasteiger partial charge in [0.1, 0.15) is 5.82 Å². The van der Waals surface area contributed by atoms with Crippen LogP contribution in [0.25, 0.3) is 72.0 Å². The van der Waals surface area contributed by atoms with E-state index in [4.69, 9.17) is 11.8 Å². The number of hydrogen-bond donors (Lipinski definition) is 0. The van der Waals surface area contributed by atoms with E-state index in [1.54, 1.807) is 10.8 Å². The molecule has 0 aliphatic carbocycles. The van der Waals surface area contributed by atoms with E-state index in [1.165, 1.54) is 0 Å². The molecular formula is C38H25N3. The molecule has 0 unspecified atom stereocenters. The number of nitrogens with zero attached hydrogens (tertiary/aromatic N) is 3. The molecule has 8 rings (SSSR count). The molecule has 0 saturated carbocycles. The zero-order chi connectivity index (χ0) is 31.5. The number of imidazole rings is 1. The maximum absolute atomic E-state index is 8.88. The second-order valence-electron chi connectivity index (χ2n) is 9.87. The van der Waals surface area contributed by atoms with Crippen LogP contribution in [0.1, 0.15) is 6.85 Å². The predicted molar refractivity (Wildman–Crippen MR) is 170 cm³/mol. The van der Waals surface area contributed by atoms with E-state index in [9.17, 15) is 0 Å². The summed E-state index contributed by atoms with van der Waals surface area (Å²) in [6.07, 6.45) is 1.79. The molecule has 2 heterocycles. The van der Waals surface area contributed by atoms with Gasteiger partial charge in [0.15, 0.2) is 0 Å². The molecule has 192 valence electrons. The number of fused-ring (bicyclic) bond motifs is 3. The number of benzene rings is 6. The summed E-state index contributed by atoms with van der Waals surface area (Å²) in [5.41, 5.74) is 6.20.